The summed E-state index contributed by atoms with van der Waals surface area (Å²) >= 11 is 0. The van der Waals surface area contributed by atoms with Crippen LogP contribution in [0.15, 0.2) is 16.9 Å². The van der Waals surface area contributed by atoms with Gasteiger partial charge in [0.1, 0.15) is 6.26 Å². The molecule has 0 spiro atoms. The molecule has 1 heterocycles. The van der Waals surface area contributed by atoms with Crippen molar-refractivity contribution in [1.29, 1.82) is 0 Å². The molecular formula is C9H15N3O2. The van der Waals surface area contributed by atoms with Gasteiger partial charge < -0.3 is 15.2 Å². The molecule has 0 aromatic carbocycles. The average molecular weight is 197 g/mol. The lowest BCUT2D eigenvalue weighted by molar-refractivity contribution is 0.0944. The fourth-order valence-corrected chi connectivity index (χ4v) is 0.957. The molecule has 5 heteroatoms. The highest BCUT2D eigenvalue weighted by Gasteiger charge is 2.06. The van der Waals surface area contributed by atoms with Crippen LogP contribution in [-0.4, -0.2) is 30.2 Å². The summed E-state index contributed by atoms with van der Waals surface area (Å²) in [5.74, 6) is -0.204. The lowest BCUT2D eigenvalue weighted by Gasteiger charge is -2.07. The van der Waals surface area contributed by atoms with Crippen LogP contribution in [0.1, 0.15) is 24.3 Å². The number of hydrogen-bond donors (Lipinski definition) is 2. The van der Waals surface area contributed by atoms with E-state index in [1.165, 1.54) is 12.3 Å². The first kappa shape index (κ1) is 10.7. The second kappa shape index (κ2) is 5.39. The van der Waals surface area contributed by atoms with Crippen LogP contribution in [0, 0.1) is 0 Å². The molecule has 1 rings (SSSR count). The maximum atomic E-state index is 11.3. The van der Waals surface area contributed by atoms with Crippen molar-refractivity contribution in [2.24, 2.45) is 0 Å². The molecule has 2 N–H and O–H groups in total. The molecule has 1 aromatic rings. The van der Waals surface area contributed by atoms with E-state index >= 15 is 0 Å². The Hall–Kier alpha value is -1.36. The summed E-state index contributed by atoms with van der Waals surface area (Å²) in [7, 11) is 0. The Balaban J connectivity index is 2.16. The largest absolute Gasteiger partial charge is 0.364 e. The Bertz CT molecular complexity index is 270. The van der Waals surface area contributed by atoms with Gasteiger partial charge in [0.2, 0.25) is 0 Å². The molecule has 14 heavy (non-hydrogen) atoms. The fourth-order valence-electron chi connectivity index (χ4n) is 0.957. The van der Waals surface area contributed by atoms with Crippen molar-refractivity contribution in [2.45, 2.75) is 19.9 Å². The van der Waals surface area contributed by atoms with Crippen LogP contribution in [0.3, 0.4) is 0 Å². The summed E-state index contributed by atoms with van der Waals surface area (Å²) in [6.07, 6.45) is 1.38. The molecule has 0 aliphatic carbocycles. The third-order valence-corrected chi connectivity index (χ3v) is 1.63. The molecule has 0 aliphatic rings. The van der Waals surface area contributed by atoms with Crippen molar-refractivity contribution < 1.29 is 9.32 Å². The van der Waals surface area contributed by atoms with Crippen LogP contribution in [0.25, 0.3) is 0 Å². The first-order valence-electron chi connectivity index (χ1n) is 4.62. The first-order valence-corrected chi connectivity index (χ1v) is 4.62. The molecule has 78 valence electrons. The van der Waals surface area contributed by atoms with Gasteiger partial charge in [0.05, 0.1) is 0 Å². The zero-order valence-corrected chi connectivity index (χ0v) is 8.41. The van der Waals surface area contributed by atoms with Crippen molar-refractivity contribution >= 4 is 5.91 Å². The summed E-state index contributed by atoms with van der Waals surface area (Å²) in [6, 6.07) is 1.96. The molecule has 1 aromatic heterocycles. The van der Waals surface area contributed by atoms with Gasteiger partial charge in [0, 0.05) is 25.2 Å². The number of amides is 1. The second-order valence-corrected chi connectivity index (χ2v) is 3.25. The number of nitrogens with zero attached hydrogens (tertiary/aromatic N) is 1. The molecule has 0 unspecified atom stereocenters. The molecule has 0 aliphatic heterocycles. The second-order valence-electron chi connectivity index (χ2n) is 3.25. The molecular weight excluding hydrogens is 182 g/mol. The van der Waals surface area contributed by atoms with Crippen molar-refractivity contribution in [3.8, 4) is 0 Å². The lowest BCUT2D eigenvalue weighted by atomic mass is 10.4. The average Bonchev–Trinajstić information content (AvgIpc) is 2.64. The summed E-state index contributed by atoms with van der Waals surface area (Å²) in [4.78, 5) is 11.3. The van der Waals surface area contributed by atoms with Gasteiger partial charge in [0.15, 0.2) is 5.69 Å². The van der Waals surface area contributed by atoms with Gasteiger partial charge in [-0.05, 0) is 0 Å². The highest BCUT2D eigenvalue weighted by molar-refractivity contribution is 5.91. The van der Waals surface area contributed by atoms with Crippen molar-refractivity contribution in [3.05, 3.63) is 18.0 Å². The number of rotatable bonds is 5. The van der Waals surface area contributed by atoms with Gasteiger partial charge in [-0.2, -0.15) is 0 Å². The maximum absolute atomic E-state index is 11.3. The van der Waals surface area contributed by atoms with E-state index in [4.69, 9.17) is 0 Å². The quantitative estimate of drug-likeness (QED) is 0.671. The van der Waals surface area contributed by atoms with Gasteiger partial charge in [0.25, 0.3) is 5.91 Å². The van der Waals surface area contributed by atoms with Crippen LogP contribution in [0.4, 0.5) is 0 Å². The van der Waals surface area contributed by atoms with Crippen LogP contribution in [-0.2, 0) is 0 Å². The van der Waals surface area contributed by atoms with Gasteiger partial charge in [-0.25, -0.2) is 0 Å². The number of hydrogen-bond acceptors (Lipinski definition) is 4. The minimum absolute atomic E-state index is 0.204. The van der Waals surface area contributed by atoms with E-state index in [0.29, 0.717) is 18.3 Å². The standard InChI is InChI=1S/C9H15N3O2/c1-7(2)10-4-5-11-9(13)8-3-6-14-12-8/h3,6-7,10H,4-5H2,1-2H3,(H,11,13). The van der Waals surface area contributed by atoms with Gasteiger partial charge in [-0.3, -0.25) is 4.79 Å². The summed E-state index contributed by atoms with van der Waals surface area (Å²) in [5, 5.41) is 9.43. The fraction of sp³-hybridized carbons (Fsp3) is 0.556. The summed E-state index contributed by atoms with van der Waals surface area (Å²) in [6.45, 7) is 5.45. The van der Waals surface area contributed by atoms with Gasteiger partial charge in [-0.15, -0.1) is 0 Å². The predicted molar refractivity (Wildman–Crippen MR) is 52.0 cm³/mol. The molecule has 1 amide bonds. The molecule has 0 bridgehead atoms. The predicted octanol–water partition coefficient (Wildman–Crippen LogP) is 0.402. The minimum Gasteiger partial charge on any atom is -0.364 e. The Morgan fingerprint density at radius 3 is 2.93 bits per heavy atom. The van der Waals surface area contributed by atoms with Gasteiger partial charge >= 0.3 is 0 Å². The first-order chi connectivity index (χ1) is 6.70. The van der Waals surface area contributed by atoms with Gasteiger partial charge in [-0.1, -0.05) is 19.0 Å². The highest BCUT2D eigenvalue weighted by Crippen LogP contribution is 1.92. The summed E-state index contributed by atoms with van der Waals surface area (Å²) in [5.41, 5.74) is 0.314. The van der Waals surface area contributed by atoms with E-state index in [9.17, 15) is 4.79 Å². The normalized spacial score (nSPS) is 10.5. The third-order valence-electron chi connectivity index (χ3n) is 1.63. The van der Waals surface area contributed by atoms with E-state index in [1.807, 2.05) is 0 Å². The smallest absolute Gasteiger partial charge is 0.273 e. The van der Waals surface area contributed by atoms with Crippen LogP contribution < -0.4 is 10.6 Å². The van der Waals surface area contributed by atoms with E-state index in [-0.39, 0.29) is 5.91 Å². The molecule has 0 fully saturated rings. The third kappa shape index (κ3) is 3.57. The zero-order valence-electron chi connectivity index (χ0n) is 8.41. The Morgan fingerprint density at radius 1 is 1.57 bits per heavy atom. The topological polar surface area (TPSA) is 67.2 Å². The minimum atomic E-state index is -0.204. The van der Waals surface area contributed by atoms with E-state index < -0.39 is 0 Å². The molecule has 0 radical (unpaired) electrons. The Labute approximate surface area is 82.8 Å². The molecule has 0 atom stereocenters. The molecule has 0 saturated heterocycles. The zero-order chi connectivity index (χ0) is 10.4. The highest BCUT2D eigenvalue weighted by atomic mass is 16.5. The SMILES string of the molecule is CC(C)NCCNC(=O)c1ccon1. The van der Waals surface area contributed by atoms with Crippen molar-refractivity contribution in [3.63, 3.8) is 0 Å². The van der Waals surface area contributed by atoms with Crippen LogP contribution in [0.5, 0.6) is 0 Å². The maximum Gasteiger partial charge on any atom is 0.273 e. The van der Waals surface area contributed by atoms with Crippen molar-refractivity contribution in [2.75, 3.05) is 13.1 Å². The Morgan fingerprint density at radius 2 is 2.36 bits per heavy atom. The molecule has 5 nitrogen and oxygen atoms in total. The monoisotopic (exact) mass is 197 g/mol. The van der Waals surface area contributed by atoms with E-state index in [2.05, 4.69) is 34.2 Å². The lowest BCUT2D eigenvalue weighted by Crippen LogP contribution is -2.34. The molecule has 0 saturated carbocycles. The number of aromatic nitrogens is 1. The number of nitrogens with one attached hydrogen (secondary N) is 2. The van der Waals surface area contributed by atoms with E-state index in [0.717, 1.165) is 6.54 Å². The number of carbonyl (C=O) groups excluding carboxylic acids is 1. The van der Waals surface area contributed by atoms with Crippen molar-refractivity contribution in [1.82, 2.24) is 15.8 Å². The Kier molecular flexibility index (Phi) is 4.12. The summed E-state index contributed by atoms with van der Waals surface area (Å²) < 4.78 is 4.55. The van der Waals surface area contributed by atoms with E-state index in [1.54, 1.807) is 0 Å². The van der Waals surface area contributed by atoms with Crippen LogP contribution in [0.2, 0.25) is 0 Å². The number of carbonyl (C=O) groups is 1. The van der Waals surface area contributed by atoms with Crippen LogP contribution >= 0.6 is 0 Å².